The van der Waals surface area contributed by atoms with Crippen molar-refractivity contribution in [2.24, 2.45) is 0 Å². The monoisotopic (exact) mass is 647 g/mol. The van der Waals surface area contributed by atoms with E-state index >= 15 is 0 Å². The van der Waals surface area contributed by atoms with E-state index in [0.717, 1.165) is 12.1 Å². The first-order valence-electron chi connectivity index (χ1n) is 10.2. The van der Waals surface area contributed by atoms with E-state index in [-0.39, 0.29) is 43.6 Å². The van der Waals surface area contributed by atoms with E-state index in [0.29, 0.717) is 11.4 Å². The maximum Gasteiger partial charge on any atom is 2.00 e. The number of pyridine rings is 4. The van der Waals surface area contributed by atoms with Gasteiger partial charge in [-0.2, -0.15) is 0 Å². The third-order valence-electron chi connectivity index (χ3n) is 4.78. The standard InChI is InChI=1S/C23H14F4N4.C2H6.Pt/c1-23(2,17-7-3-5-15(28-17)13-9-11-19(24)30-21(13)26)18-8-4-6-16(29-18)14-10-12-20(25)31-22(14)27;1-2;/h3-8,11-12H,1-2H3;1-2H3;/q-2;;+2. The SMILES string of the molecule is CC.CC(C)(c1cccc(-c2[c-]cc(F)nc2F)n1)c1cccc(-c2[c-]cc(F)nc2F)n1.[Pt+2]. The second-order valence-corrected chi connectivity index (χ2v) is 7.22. The fraction of sp³-hybridized carbons (Fsp3) is 0.200. The Balaban J connectivity index is 0.00000133. The Labute approximate surface area is 209 Å². The van der Waals surface area contributed by atoms with Crippen LogP contribution in [0.15, 0.2) is 48.5 Å². The van der Waals surface area contributed by atoms with Gasteiger partial charge in [-0.1, -0.05) is 61.4 Å². The van der Waals surface area contributed by atoms with Gasteiger partial charge in [0.15, 0.2) is 0 Å². The first-order valence-corrected chi connectivity index (χ1v) is 10.2. The molecule has 178 valence electrons. The zero-order valence-electron chi connectivity index (χ0n) is 18.7. The molecular weight excluding hydrogens is 627 g/mol. The first kappa shape index (κ1) is 27.3. The van der Waals surface area contributed by atoms with Gasteiger partial charge in [-0.3, -0.25) is 9.97 Å². The number of rotatable bonds is 4. The van der Waals surface area contributed by atoms with E-state index in [4.69, 9.17) is 0 Å². The molecule has 0 atom stereocenters. The Morgan fingerprint density at radius 3 is 1.38 bits per heavy atom. The molecule has 34 heavy (non-hydrogen) atoms. The van der Waals surface area contributed by atoms with Gasteiger partial charge in [-0.15, -0.1) is 12.1 Å². The summed E-state index contributed by atoms with van der Waals surface area (Å²) in [6.45, 7) is 7.69. The molecule has 0 aromatic carbocycles. The Bertz CT molecular complexity index is 1180. The maximum absolute atomic E-state index is 14.1. The Kier molecular flexibility index (Phi) is 9.16. The van der Waals surface area contributed by atoms with Crippen molar-refractivity contribution in [1.29, 1.82) is 0 Å². The van der Waals surface area contributed by atoms with Crippen LogP contribution >= 0.6 is 0 Å². The zero-order valence-corrected chi connectivity index (χ0v) is 21.0. The van der Waals surface area contributed by atoms with Gasteiger partial charge < -0.3 is 9.97 Å². The third-order valence-corrected chi connectivity index (χ3v) is 4.78. The van der Waals surface area contributed by atoms with Crippen LogP contribution in [0.1, 0.15) is 39.1 Å². The van der Waals surface area contributed by atoms with Gasteiger partial charge in [0.2, 0.25) is 0 Å². The molecule has 9 heteroatoms. The van der Waals surface area contributed by atoms with Gasteiger partial charge in [0.25, 0.3) is 0 Å². The van der Waals surface area contributed by atoms with Crippen LogP contribution in [0, 0.1) is 35.9 Å². The molecule has 4 nitrogen and oxygen atoms in total. The van der Waals surface area contributed by atoms with Gasteiger partial charge >= 0.3 is 21.1 Å². The number of hydrogen-bond donors (Lipinski definition) is 0. The first-order chi connectivity index (χ1) is 15.8. The van der Waals surface area contributed by atoms with Gasteiger partial charge in [0, 0.05) is 16.8 Å². The molecule has 0 radical (unpaired) electrons. The molecule has 0 N–H and O–H groups in total. The van der Waals surface area contributed by atoms with Crippen LogP contribution in [0.4, 0.5) is 17.6 Å². The molecule has 0 aliphatic rings. The summed E-state index contributed by atoms with van der Waals surface area (Å²) >= 11 is 0. The molecule has 0 amide bonds. The molecule has 0 unspecified atom stereocenters. The second kappa shape index (κ2) is 11.4. The molecule has 0 aliphatic carbocycles. The molecule has 4 aromatic rings. The van der Waals surface area contributed by atoms with Crippen molar-refractivity contribution < 1.29 is 38.6 Å². The Hall–Kier alpha value is -2.99. The normalized spacial score (nSPS) is 10.7. The van der Waals surface area contributed by atoms with Crippen LogP contribution in [0.3, 0.4) is 0 Å². The van der Waals surface area contributed by atoms with Crippen LogP contribution in [0.2, 0.25) is 0 Å². The minimum atomic E-state index is -1.02. The summed E-state index contributed by atoms with van der Waals surface area (Å²) in [6.07, 6.45) is 0. The molecule has 4 heterocycles. The Morgan fingerprint density at radius 2 is 1.03 bits per heavy atom. The van der Waals surface area contributed by atoms with Crippen LogP contribution < -0.4 is 0 Å². The van der Waals surface area contributed by atoms with Gasteiger partial charge in [0.05, 0.1) is 0 Å². The van der Waals surface area contributed by atoms with E-state index in [2.05, 4.69) is 32.1 Å². The van der Waals surface area contributed by atoms with Crippen molar-refractivity contribution in [3.8, 4) is 22.5 Å². The molecule has 0 saturated carbocycles. The average Bonchev–Trinajstić information content (AvgIpc) is 2.80. The second-order valence-electron chi connectivity index (χ2n) is 7.22. The molecular formula is C25H20F4N4Pt. The Morgan fingerprint density at radius 1 is 0.647 bits per heavy atom. The summed E-state index contributed by atoms with van der Waals surface area (Å²) in [7, 11) is 0. The van der Waals surface area contributed by atoms with E-state index < -0.39 is 29.2 Å². The van der Waals surface area contributed by atoms with Gasteiger partial charge in [0.1, 0.15) is 23.8 Å². The van der Waals surface area contributed by atoms with E-state index in [1.165, 1.54) is 0 Å². The van der Waals surface area contributed by atoms with Crippen LogP contribution in [-0.2, 0) is 26.5 Å². The van der Waals surface area contributed by atoms with E-state index in [1.807, 2.05) is 27.7 Å². The van der Waals surface area contributed by atoms with Crippen molar-refractivity contribution in [1.82, 2.24) is 19.9 Å². The maximum atomic E-state index is 14.1. The van der Waals surface area contributed by atoms with Crippen molar-refractivity contribution in [2.45, 2.75) is 33.1 Å². The summed E-state index contributed by atoms with van der Waals surface area (Å²) in [5.74, 6) is -3.98. The third kappa shape index (κ3) is 5.73. The molecule has 4 rings (SSSR count). The van der Waals surface area contributed by atoms with Gasteiger partial charge in [-0.05, 0) is 37.4 Å². The molecule has 0 spiro atoms. The molecule has 0 saturated heterocycles. The summed E-state index contributed by atoms with van der Waals surface area (Å²) in [4.78, 5) is 15.3. The quantitative estimate of drug-likeness (QED) is 0.153. The average molecular weight is 648 g/mol. The van der Waals surface area contributed by atoms with Crippen molar-refractivity contribution in [3.63, 3.8) is 0 Å². The van der Waals surface area contributed by atoms with E-state index in [9.17, 15) is 17.6 Å². The zero-order chi connectivity index (χ0) is 24.2. The van der Waals surface area contributed by atoms with Crippen LogP contribution in [0.5, 0.6) is 0 Å². The van der Waals surface area contributed by atoms with Crippen LogP contribution in [-0.4, -0.2) is 19.9 Å². The summed E-state index contributed by atoms with van der Waals surface area (Å²) in [6, 6.07) is 16.8. The number of hydrogen-bond acceptors (Lipinski definition) is 4. The number of halogens is 4. The number of aromatic nitrogens is 4. The molecule has 0 fully saturated rings. The molecule has 4 aromatic heterocycles. The topological polar surface area (TPSA) is 51.6 Å². The van der Waals surface area contributed by atoms with E-state index in [1.54, 1.807) is 36.4 Å². The summed E-state index contributed by atoms with van der Waals surface area (Å²) in [5, 5.41) is 0. The fourth-order valence-electron chi connectivity index (χ4n) is 3.08. The van der Waals surface area contributed by atoms with Crippen LogP contribution in [0.25, 0.3) is 22.5 Å². The minimum absolute atomic E-state index is 0. The fourth-order valence-corrected chi connectivity index (χ4v) is 3.08. The largest absolute Gasteiger partial charge is 2.00 e. The number of nitrogens with zero attached hydrogens (tertiary/aromatic N) is 4. The molecule has 0 aliphatic heterocycles. The molecule has 0 bridgehead atoms. The predicted molar refractivity (Wildman–Crippen MR) is 116 cm³/mol. The predicted octanol–water partition coefficient (Wildman–Crippen LogP) is 6.11. The van der Waals surface area contributed by atoms with Crippen molar-refractivity contribution >= 4 is 0 Å². The summed E-state index contributed by atoms with van der Waals surface area (Å²) < 4.78 is 54.4. The smallest absolute Gasteiger partial charge is 0.300 e. The minimum Gasteiger partial charge on any atom is -0.300 e. The van der Waals surface area contributed by atoms with Crippen molar-refractivity contribution in [2.75, 3.05) is 0 Å². The summed E-state index contributed by atoms with van der Waals surface area (Å²) in [5.41, 5.74) is 0.633. The van der Waals surface area contributed by atoms with Gasteiger partial charge in [-0.25, -0.2) is 17.6 Å². The van der Waals surface area contributed by atoms with Crippen molar-refractivity contribution in [3.05, 3.63) is 95.8 Å².